The summed E-state index contributed by atoms with van der Waals surface area (Å²) in [6.45, 7) is 1.82. The number of rotatable bonds is 7. The van der Waals surface area contributed by atoms with E-state index in [1.165, 1.54) is 6.07 Å². The molecule has 142 valence electrons. The van der Waals surface area contributed by atoms with E-state index in [0.717, 1.165) is 44.3 Å². The van der Waals surface area contributed by atoms with Crippen LogP contribution in [0.1, 0.15) is 41.6 Å². The Balaban J connectivity index is 1.49. The van der Waals surface area contributed by atoms with Crippen LogP contribution in [0.4, 0.5) is 16.0 Å². The van der Waals surface area contributed by atoms with E-state index in [9.17, 15) is 9.18 Å². The number of nitrogens with one attached hydrogen (secondary N) is 2. The average molecular weight is 370 g/mol. The first-order valence-electron chi connectivity index (χ1n) is 9.39. The lowest BCUT2D eigenvalue weighted by Gasteiger charge is -2.20. The summed E-state index contributed by atoms with van der Waals surface area (Å²) in [4.78, 5) is 24.2. The van der Waals surface area contributed by atoms with Gasteiger partial charge in [-0.3, -0.25) is 9.63 Å². The predicted octanol–water partition coefficient (Wildman–Crippen LogP) is 3.26. The number of pyridine rings is 1. The molecular formula is C20H23FN4O2. The van der Waals surface area contributed by atoms with Crippen molar-refractivity contribution < 1.29 is 14.0 Å². The van der Waals surface area contributed by atoms with Crippen LogP contribution in [0.5, 0.6) is 0 Å². The van der Waals surface area contributed by atoms with Gasteiger partial charge in [0.05, 0.1) is 12.2 Å². The highest BCUT2D eigenvalue weighted by Gasteiger charge is 2.27. The van der Waals surface area contributed by atoms with Gasteiger partial charge >= 0.3 is 0 Å². The molecule has 2 heterocycles. The molecule has 2 aromatic rings. The van der Waals surface area contributed by atoms with Crippen LogP contribution in [0.2, 0.25) is 0 Å². The minimum Gasteiger partial charge on any atom is -0.367 e. The summed E-state index contributed by atoms with van der Waals surface area (Å²) in [7, 11) is 0. The summed E-state index contributed by atoms with van der Waals surface area (Å²) in [6, 6.07) is 11.1. The summed E-state index contributed by atoms with van der Waals surface area (Å²) in [6.07, 6.45) is 4.12. The number of carbonyl (C=O) groups is 1. The smallest absolute Gasteiger partial charge is 0.278 e. The van der Waals surface area contributed by atoms with Crippen molar-refractivity contribution in [2.24, 2.45) is 0 Å². The zero-order valence-electron chi connectivity index (χ0n) is 15.1. The fraction of sp³-hybridized carbons (Fsp3) is 0.400. The van der Waals surface area contributed by atoms with E-state index in [2.05, 4.69) is 15.8 Å². The summed E-state index contributed by atoms with van der Waals surface area (Å²) in [5.74, 6) is -0.251. The maximum atomic E-state index is 14.6. The van der Waals surface area contributed by atoms with Crippen molar-refractivity contribution in [1.82, 2.24) is 10.5 Å². The van der Waals surface area contributed by atoms with E-state index >= 15 is 0 Å². The molecule has 1 aliphatic heterocycles. The van der Waals surface area contributed by atoms with Gasteiger partial charge in [-0.25, -0.2) is 14.9 Å². The van der Waals surface area contributed by atoms with Gasteiger partial charge in [-0.2, -0.15) is 0 Å². The van der Waals surface area contributed by atoms with Crippen LogP contribution in [0.3, 0.4) is 0 Å². The minimum absolute atomic E-state index is 0.162. The van der Waals surface area contributed by atoms with Gasteiger partial charge in [0.25, 0.3) is 5.91 Å². The highest BCUT2D eigenvalue weighted by atomic mass is 19.1. The largest absolute Gasteiger partial charge is 0.367 e. The molecule has 1 aromatic carbocycles. The molecule has 6 nitrogen and oxygen atoms in total. The van der Waals surface area contributed by atoms with Gasteiger partial charge in [0, 0.05) is 19.1 Å². The van der Waals surface area contributed by atoms with Gasteiger partial charge in [0.15, 0.2) is 11.6 Å². The first-order chi connectivity index (χ1) is 13.2. The Morgan fingerprint density at radius 2 is 1.96 bits per heavy atom. The van der Waals surface area contributed by atoms with Crippen molar-refractivity contribution in [3.8, 4) is 0 Å². The summed E-state index contributed by atoms with van der Waals surface area (Å²) in [5, 5.41) is 3.24. The third-order valence-electron chi connectivity index (χ3n) is 4.77. The second-order valence-electron chi connectivity index (χ2n) is 7.01. The lowest BCUT2D eigenvalue weighted by molar-refractivity contribution is 0.0233. The van der Waals surface area contributed by atoms with E-state index in [1.807, 2.05) is 35.2 Å². The molecule has 0 atom stereocenters. The van der Waals surface area contributed by atoms with Crippen molar-refractivity contribution >= 4 is 17.5 Å². The second kappa shape index (κ2) is 7.92. The Labute approximate surface area is 157 Å². The number of hydroxylamine groups is 1. The van der Waals surface area contributed by atoms with Crippen molar-refractivity contribution in [2.45, 2.75) is 38.3 Å². The molecule has 2 aliphatic rings. The Morgan fingerprint density at radius 1 is 1.22 bits per heavy atom. The van der Waals surface area contributed by atoms with E-state index < -0.39 is 11.7 Å². The normalized spacial score (nSPS) is 16.4. The van der Waals surface area contributed by atoms with Crippen LogP contribution in [0.15, 0.2) is 36.4 Å². The number of benzene rings is 1. The number of anilines is 2. The zero-order chi connectivity index (χ0) is 18.6. The van der Waals surface area contributed by atoms with Crippen molar-refractivity contribution in [2.75, 3.05) is 23.3 Å². The van der Waals surface area contributed by atoms with Gasteiger partial charge in [0.1, 0.15) is 5.82 Å². The third-order valence-corrected chi connectivity index (χ3v) is 4.77. The maximum absolute atomic E-state index is 14.6. The molecule has 4 rings (SSSR count). The molecule has 1 saturated carbocycles. The number of amides is 1. The fourth-order valence-corrected chi connectivity index (χ4v) is 3.15. The molecular weight excluding hydrogens is 347 g/mol. The van der Waals surface area contributed by atoms with Gasteiger partial charge in [-0.15, -0.1) is 0 Å². The van der Waals surface area contributed by atoms with Gasteiger partial charge in [-0.05, 0) is 37.3 Å². The van der Waals surface area contributed by atoms with Crippen molar-refractivity contribution in [3.05, 3.63) is 53.3 Å². The Bertz CT molecular complexity index is 805. The van der Waals surface area contributed by atoms with Crippen LogP contribution < -0.4 is 15.7 Å². The first kappa shape index (κ1) is 17.7. The number of aromatic nitrogens is 1. The monoisotopic (exact) mass is 370 g/mol. The molecule has 2 fully saturated rings. The lowest BCUT2D eigenvalue weighted by Crippen LogP contribution is -2.27. The number of halogens is 1. The van der Waals surface area contributed by atoms with Gasteiger partial charge < -0.3 is 10.2 Å². The number of hydrogen-bond donors (Lipinski definition) is 2. The molecule has 1 saturated heterocycles. The van der Waals surface area contributed by atoms with E-state index in [-0.39, 0.29) is 12.2 Å². The first-order valence-corrected chi connectivity index (χ1v) is 9.39. The van der Waals surface area contributed by atoms with Crippen molar-refractivity contribution in [3.63, 3.8) is 0 Å². The zero-order valence-corrected chi connectivity index (χ0v) is 15.1. The summed E-state index contributed by atoms with van der Waals surface area (Å²) < 4.78 is 14.6. The Morgan fingerprint density at radius 3 is 2.67 bits per heavy atom. The topological polar surface area (TPSA) is 66.5 Å². The standard InChI is InChI=1S/C20H23FN4O2/c21-17-12-16(20(26)24-27-13-14-6-2-1-3-7-14)18(22-15-8-9-15)23-19(17)25-10-4-5-11-25/h1-3,6-7,12,15H,4-5,8-11,13H2,(H,22,23)(H,24,26). The summed E-state index contributed by atoms with van der Waals surface area (Å²) >= 11 is 0. The molecule has 7 heteroatoms. The Hall–Kier alpha value is -2.67. The molecule has 0 spiro atoms. The van der Waals surface area contributed by atoms with Crippen LogP contribution >= 0.6 is 0 Å². The fourth-order valence-electron chi connectivity index (χ4n) is 3.15. The SMILES string of the molecule is O=C(NOCc1ccccc1)c1cc(F)c(N2CCCC2)nc1NC1CC1. The lowest BCUT2D eigenvalue weighted by atomic mass is 10.2. The molecule has 0 unspecified atom stereocenters. The van der Waals surface area contributed by atoms with Crippen LogP contribution in [0.25, 0.3) is 0 Å². The highest BCUT2D eigenvalue weighted by Crippen LogP contribution is 2.30. The van der Waals surface area contributed by atoms with E-state index in [1.54, 1.807) is 0 Å². The van der Waals surface area contributed by atoms with Crippen LogP contribution in [-0.4, -0.2) is 30.0 Å². The highest BCUT2D eigenvalue weighted by molar-refractivity contribution is 5.98. The van der Waals surface area contributed by atoms with Crippen LogP contribution in [0, 0.1) is 5.82 Å². The second-order valence-corrected chi connectivity index (χ2v) is 7.01. The molecule has 0 bridgehead atoms. The number of carbonyl (C=O) groups excluding carboxylic acids is 1. The maximum Gasteiger partial charge on any atom is 0.278 e. The molecule has 1 aromatic heterocycles. The quantitative estimate of drug-likeness (QED) is 0.733. The van der Waals surface area contributed by atoms with E-state index in [0.29, 0.717) is 17.7 Å². The van der Waals surface area contributed by atoms with Gasteiger partial charge in [0.2, 0.25) is 0 Å². The number of nitrogens with zero attached hydrogens (tertiary/aromatic N) is 2. The minimum atomic E-state index is -0.506. The number of hydrogen-bond acceptors (Lipinski definition) is 5. The average Bonchev–Trinajstić information content (AvgIpc) is 3.33. The third kappa shape index (κ3) is 4.36. The Kier molecular flexibility index (Phi) is 5.20. The molecule has 27 heavy (non-hydrogen) atoms. The van der Waals surface area contributed by atoms with Crippen molar-refractivity contribution in [1.29, 1.82) is 0 Å². The molecule has 1 aliphatic carbocycles. The van der Waals surface area contributed by atoms with E-state index in [4.69, 9.17) is 4.84 Å². The van der Waals surface area contributed by atoms with Gasteiger partial charge in [-0.1, -0.05) is 30.3 Å². The van der Waals surface area contributed by atoms with Crippen LogP contribution in [-0.2, 0) is 11.4 Å². The predicted molar refractivity (Wildman–Crippen MR) is 101 cm³/mol. The molecule has 0 radical (unpaired) electrons. The molecule has 1 amide bonds. The summed E-state index contributed by atoms with van der Waals surface area (Å²) in [5.41, 5.74) is 3.49. The molecule has 2 N–H and O–H groups in total.